The molecule has 28 heavy (non-hydrogen) atoms. The Bertz CT molecular complexity index is 1010. The number of hydrogen-bond acceptors (Lipinski definition) is 4. The van der Waals surface area contributed by atoms with Crippen LogP contribution in [0.25, 0.3) is 6.08 Å². The number of rotatable bonds is 7. The third-order valence-electron chi connectivity index (χ3n) is 4.12. The lowest BCUT2D eigenvalue weighted by atomic mass is 10.1. The van der Waals surface area contributed by atoms with Gasteiger partial charge in [0, 0.05) is 24.4 Å². The lowest BCUT2D eigenvalue weighted by molar-refractivity contribution is -0.124. The van der Waals surface area contributed by atoms with Gasteiger partial charge in [0.2, 0.25) is 0 Å². The predicted octanol–water partition coefficient (Wildman–Crippen LogP) is 3.40. The van der Waals surface area contributed by atoms with Gasteiger partial charge in [-0.1, -0.05) is 30.3 Å². The summed E-state index contributed by atoms with van der Waals surface area (Å²) in [4.78, 5) is 23.5. The summed E-state index contributed by atoms with van der Waals surface area (Å²) in [6.07, 6.45) is 4.86. The van der Waals surface area contributed by atoms with Crippen LogP contribution in [0.3, 0.4) is 0 Å². The zero-order chi connectivity index (χ0) is 19.8. The van der Waals surface area contributed by atoms with Gasteiger partial charge in [0.25, 0.3) is 11.5 Å². The van der Waals surface area contributed by atoms with Crippen molar-refractivity contribution in [1.29, 1.82) is 0 Å². The number of nitrogens with one attached hydrogen (secondary N) is 1. The molecule has 0 aliphatic heterocycles. The van der Waals surface area contributed by atoms with E-state index in [4.69, 9.17) is 9.94 Å². The van der Waals surface area contributed by atoms with E-state index in [1.807, 2.05) is 54.6 Å². The molecule has 0 atom stereocenters. The molecule has 1 heterocycles. The summed E-state index contributed by atoms with van der Waals surface area (Å²) in [5, 5.41) is 8.51. The van der Waals surface area contributed by atoms with Gasteiger partial charge in [0.15, 0.2) is 0 Å². The lowest BCUT2D eigenvalue weighted by Crippen LogP contribution is -2.22. The number of nitrogens with zero attached hydrogens (tertiary/aromatic N) is 1. The Balaban J connectivity index is 1.63. The predicted molar refractivity (Wildman–Crippen MR) is 106 cm³/mol. The van der Waals surface area contributed by atoms with Crippen molar-refractivity contribution in [2.45, 2.75) is 13.0 Å². The molecular formula is C22H20N2O4. The van der Waals surface area contributed by atoms with Gasteiger partial charge in [-0.2, -0.15) is 0 Å². The number of aromatic nitrogens is 1. The highest BCUT2D eigenvalue weighted by atomic mass is 16.5. The van der Waals surface area contributed by atoms with Gasteiger partial charge in [-0.3, -0.25) is 14.8 Å². The fourth-order valence-electron chi connectivity index (χ4n) is 2.66. The maximum Gasteiger partial charge on any atom is 0.267 e. The van der Waals surface area contributed by atoms with Gasteiger partial charge in [0.1, 0.15) is 11.5 Å². The number of hydrogen-bond donors (Lipinski definition) is 2. The highest BCUT2D eigenvalue weighted by molar-refractivity contribution is 5.90. The minimum atomic E-state index is -0.687. The van der Waals surface area contributed by atoms with E-state index in [1.54, 1.807) is 22.9 Å². The van der Waals surface area contributed by atoms with Crippen molar-refractivity contribution in [2.75, 3.05) is 0 Å². The number of ether oxygens (including phenoxy) is 1. The molecule has 0 unspecified atom stereocenters. The van der Waals surface area contributed by atoms with Crippen LogP contribution in [-0.4, -0.2) is 15.7 Å². The van der Waals surface area contributed by atoms with Crippen LogP contribution in [0.1, 0.15) is 11.1 Å². The average Bonchev–Trinajstić information content (AvgIpc) is 2.73. The first-order chi connectivity index (χ1) is 13.7. The smallest absolute Gasteiger partial charge is 0.267 e. The molecular weight excluding hydrogens is 356 g/mol. The summed E-state index contributed by atoms with van der Waals surface area (Å²) in [5.41, 5.74) is 2.74. The number of hydroxylamine groups is 1. The molecule has 3 aromatic rings. The third-order valence-corrected chi connectivity index (χ3v) is 4.12. The van der Waals surface area contributed by atoms with Crippen LogP contribution in [0.15, 0.2) is 83.8 Å². The molecule has 142 valence electrons. The minimum Gasteiger partial charge on any atom is -0.457 e. The van der Waals surface area contributed by atoms with Crippen molar-refractivity contribution >= 4 is 12.0 Å². The average molecular weight is 376 g/mol. The molecule has 1 amide bonds. The van der Waals surface area contributed by atoms with Gasteiger partial charge in [-0.05, 0) is 54.5 Å². The van der Waals surface area contributed by atoms with Crippen molar-refractivity contribution < 1.29 is 14.7 Å². The number of aryl methyl sites for hydroxylation is 2. The van der Waals surface area contributed by atoms with E-state index in [1.165, 1.54) is 11.6 Å². The zero-order valence-electron chi connectivity index (χ0n) is 15.1. The van der Waals surface area contributed by atoms with E-state index in [-0.39, 0.29) is 5.56 Å². The zero-order valence-corrected chi connectivity index (χ0v) is 15.1. The normalized spacial score (nSPS) is 10.8. The summed E-state index contributed by atoms with van der Waals surface area (Å²) in [6, 6.07) is 20.7. The molecule has 2 N–H and O–H groups in total. The number of benzene rings is 2. The molecule has 6 heteroatoms. The number of carbonyl (C=O) groups excluding carboxylic acids is 1. The summed E-state index contributed by atoms with van der Waals surface area (Å²) in [6.45, 7) is 0.506. The quantitative estimate of drug-likeness (QED) is 0.376. The molecule has 6 nitrogen and oxygen atoms in total. The van der Waals surface area contributed by atoms with Crippen LogP contribution in [0.4, 0.5) is 0 Å². The van der Waals surface area contributed by atoms with E-state index in [9.17, 15) is 9.59 Å². The number of para-hydroxylation sites is 1. The van der Waals surface area contributed by atoms with Crippen LogP contribution >= 0.6 is 0 Å². The Kier molecular flexibility index (Phi) is 6.38. The van der Waals surface area contributed by atoms with E-state index in [0.717, 1.165) is 23.1 Å². The minimum absolute atomic E-state index is 0.200. The van der Waals surface area contributed by atoms with Crippen molar-refractivity contribution in [3.05, 3.63) is 100 Å². The Hall–Kier alpha value is -3.64. The molecule has 0 radical (unpaired) electrons. The summed E-state index contributed by atoms with van der Waals surface area (Å²) < 4.78 is 7.36. The van der Waals surface area contributed by atoms with Gasteiger partial charge in [0.05, 0.1) is 0 Å². The topological polar surface area (TPSA) is 80.6 Å². The summed E-state index contributed by atoms with van der Waals surface area (Å²) in [5.74, 6) is 0.843. The van der Waals surface area contributed by atoms with Gasteiger partial charge in [-0.15, -0.1) is 0 Å². The van der Waals surface area contributed by atoms with Crippen molar-refractivity contribution in [2.24, 2.45) is 0 Å². The lowest BCUT2D eigenvalue weighted by Gasteiger charge is -2.08. The molecule has 0 saturated carbocycles. The Labute approximate surface area is 162 Å². The number of amides is 1. The van der Waals surface area contributed by atoms with E-state index in [2.05, 4.69) is 0 Å². The number of pyridine rings is 1. The molecule has 2 aromatic carbocycles. The van der Waals surface area contributed by atoms with Gasteiger partial charge >= 0.3 is 0 Å². The number of carbonyl (C=O) groups is 1. The van der Waals surface area contributed by atoms with Crippen molar-refractivity contribution in [3.63, 3.8) is 0 Å². The second-order valence-corrected chi connectivity index (χ2v) is 6.08. The maximum atomic E-state index is 12.4. The van der Waals surface area contributed by atoms with Crippen LogP contribution in [0, 0.1) is 0 Å². The Morgan fingerprint density at radius 3 is 2.43 bits per heavy atom. The fourth-order valence-corrected chi connectivity index (χ4v) is 2.66. The van der Waals surface area contributed by atoms with E-state index >= 15 is 0 Å². The first kappa shape index (κ1) is 19.1. The van der Waals surface area contributed by atoms with Crippen LogP contribution < -0.4 is 15.8 Å². The van der Waals surface area contributed by atoms with Crippen LogP contribution in [-0.2, 0) is 17.8 Å². The third kappa shape index (κ3) is 5.18. The molecule has 0 spiro atoms. The molecule has 0 fully saturated rings. The molecule has 0 bridgehead atoms. The molecule has 3 rings (SSSR count). The molecule has 0 aliphatic rings. The van der Waals surface area contributed by atoms with E-state index < -0.39 is 5.91 Å². The SMILES string of the molecule is O=C(/C=C/c1cccn(CCc2ccc(Oc3ccccc3)cc2)c1=O)NO. The Morgan fingerprint density at radius 2 is 1.71 bits per heavy atom. The second kappa shape index (κ2) is 9.34. The molecule has 1 aromatic heterocycles. The Morgan fingerprint density at radius 1 is 1.00 bits per heavy atom. The second-order valence-electron chi connectivity index (χ2n) is 6.08. The standard InChI is InChI=1S/C22H20N2O4/c25-21(23-27)13-10-18-5-4-15-24(22(18)26)16-14-17-8-11-20(12-9-17)28-19-6-2-1-3-7-19/h1-13,15,27H,14,16H2,(H,23,25)/b13-10+. The molecule has 0 aliphatic carbocycles. The molecule has 0 saturated heterocycles. The fraction of sp³-hybridized carbons (Fsp3) is 0.0909. The van der Waals surface area contributed by atoms with Crippen LogP contribution in [0.2, 0.25) is 0 Å². The maximum absolute atomic E-state index is 12.4. The first-order valence-electron chi connectivity index (χ1n) is 8.79. The van der Waals surface area contributed by atoms with Gasteiger partial charge in [-0.25, -0.2) is 5.48 Å². The van der Waals surface area contributed by atoms with Crippen molar-refractivity contribution in [3.8, 4) is 11.5 Å². The van der Waals surface area contributed by atoms with Crippen molar-refractivity contribution in [1.82, 2.24) is 10.0 Å². The first-order valence-corrected chi connectivity index (χ1v) is 8.79. The largest absolute Gasteiger partial charge is 0.457 e. The van der Waals surface area contributed by atoms with E-state index in [0.29, 0.717) is 18.5 Å². The monoisotopic (exact) mass is 376 g/mol. The van der Waals surface area contributed by atoms with Gasteiger partial charge < -0.3 is 9.30 Å². The van der Waals surface area contributed by atoms with Crippen LogP contribution in [0.5, 0.6) is 11.5 Å². The summed E-state index contributed by atoms with van der Waals surface area (Å²) in [7, 11) is 0. The highest BCUT2D eigenvalue weighted by Crippen LogP contribution is 2.21. The highest BCUT2D eigenvalue weighted by Gasteiger charge is 2.03. The summed E-state index contributed by atoms with van der Waals surface area (Å²) >= 11 is 0.